The summed E-state index contributed by atoms with van der Waals surface area (Å²) in [4.78, 5) is 25.4. The molecule has 150 valence electrons. The molecule has 2 rings (SSSR count). The summed E-state index contributed by atoms with van der Waals surface area (Å²) in [5.41, 5.74) is 0.998. The molecule has 3 N–H and O–H groups in total. The van der Waals surface area contributed by atoms with Gasteiger partial charge in [-0.15, -0.1) is 0 Å². The van der Waals surface area contributed by atoms with Crippen molar-refractivity contribution in [2.45, 2.75) is 65.0 Å². The molecule has 0 aliphatic heterocycles. The van der Waals surface area contributed by atoms with Gasteiger partial charge < -0.3 is 15.7 Å². The zero-order chi connectivity index (χ0) is 19.8. The van der Waals surface area contributed by atoms with E-state index >= 15 is 0 Å². The largest absolute Gasteiger partial charge is 0.394 e. The van der Waals surface area contributed by atoms with E-state index in [0.717, 1.165) is 31.2 Å². The maximum atomic E-state index is 12.8. The molecule has 1 aliphatic carbocycles. The number of aliphatic hydroxyl groups is 1. The van der Waals surface area contributed by atoms with E-state index in [1.165, 1.54) is 0 Å². The number of hydrogen-bond acceptors (Lipinski definition) is 3. The minimum absolute atomic E-state index is 0.0126. The standard InChI is InChI=1S/C22H34N2O3/c1-15(2)18-9-11-19(12-10-18)21(26)24-20(22(27)23-16(3)14-25)13-17-7-5-4-6-8-17/h4-8,15-16,18-20,25H,9-14H2,1-3H3,(H,23,27)(H,24,26). The van der Waals surface area contributed by atoms with Crippen LogP contribution in [0.4, 0.5) is 0 Å². The molecule has 0 heterocycles. The Kier molecular flexibility index (Phi) is 8.29. The van der Waals surface area contributed by atoms with Crippen molar-refractivity contribution in [3.8, 4) is 0 Å². The van der Waals surface area contributed by atoms with E-state index in [1.807, 2.05) is 30.3 Å². The summed E-state index contributed by atoms with van der Waals surface area (Å²) in [5, 5.41) is 15.0. The highest BCUT2D eigenvalue weighted by molar-refractivity contribution is 5.88. The number of amides is 2. The lowest BCUT2D eigenvalue weighted by atomic mass is 9.76. The van der Waals surface area contributed by atoms with Gasteiger partial charge in [-0.25, -0.2) is 0 Å². The fourth-order valence-electron chi connectivity index (χ4n) is 3.79. The van der Waals surface area contributed by atoms with E-state index in [2.05, 4.69) is 24.5 Å². The summed E-state index contributed by atoms with van der Waals surface area (Å²) < 4.78 is 0. The van der Waals surface area contributed by atoms with Crippen molar-refractivity contribution in [2.75, 3.05) is 6.61 Å². The van der Waals surface area contributed by atoms with Gasteiger partial charge in [0.1, 0.15) is 6.04 Å². The van der Waals surface area contributed by atoms with E-state index in [4.69, 9.17) is 0 Å². The number of rotatable bonds is 8. The smallest absolute Gasteiger partial charge is 0.243 e. The second-order valence-electron chi connectivity index (χ2n) is 8.20. The fourth-order valence-corrected chi connectivity index (χ4v) is 3.79. The zero-order valence-corrected chi connectivity index (χ0v) is 16.8. The summed E-state index contributed by atoms with van der Waals surface area (Å²) in [6, 6.07) is 8.72. The Balaban J connectivity index is 2.00. The number of carbonyl (C=O) groups is 2. The number of aliphatic hydroxyl groups excluding tert-OH is 1. The van der Waals surface area contributed by atoms with Gasteiger partial charge in [-0.05, 0) is 50.0 Å². The quantitative estimate of drug-likeness (QED) is 0.655. The molecular weight excluding hydrogens is 340 g/mol. The van der Waals surface area contributed by atoms with Crippen LogP contribution in [0.2, 0.25) is 0 Å². The van der Waals surface area contributed by atoms with Gasteiger partial charge in [0.2, 0.25) is 11.8 Å². The molecule has 1 aromatic carbocycles. The van der Waals surface area contributed by atoms with Crippen LogP contribution >= 0.6 is 0 Å². The van der Waals surface area contributed by atoms with E-state index in [1.54, 1.807) is 6.92 Å². The summed E-state index contributed by atoms with van der Waals surface area (Å²) in [5.74, 6) is 1.07. The first-order valence-electron chi connectivity index (χ1n) is 10.2. The molecule has 1 aromatic rings. The molecule has 0 aromatic heterocycles. The third-order valence-corrected chi connectivity index (χ3v) is 5.66. The molecule has 1 saturated carbocycles. The second kappa shape index (κ2) is 10.5. The molecule has 2 atom stereocenters. The number of nitrogens with one attached hydrogen (secondary N) is 2. The average Bonchev–Trinajstić information content (AvgIpc) is 2.68. The van der Waals surface area contributed by atoms with Crippen molar-refractivity contribution in [1.82, 2.24) is 10.6 Å². The van der Waals surface area contributed by atoms with Gasteiger partial charge in [-0.3, -0.25) is 9.59 Å². The van der Waals surface area contributed by atoms with Gasteiger partial charge in [0.15, 0.2) is 0 Å². The van der Waals surface area contributed by atoms with Crippen LogP contribution in [0.3, 0.4) is 0 Å². The highest BCUT2D eigenvalue weighted by atomic mass is 16.3. The van der Waals surface area contributed by atoms with Crippen LogP contribution in [-0.4, -0.2) is 35.6 Å². The third-order valence-electron chi connectivity index (χ3n) is 5.66. The van der Waals surface area contributed by atoms with E-state index in [0.29, 0.717) is 18.3 Å². The molecule has 0 radical (unpaired) electrons. The van der Waals surface area contributed by atoms with Crippen molar-refractivity contribution in [3.63, 3.8) is 0 Å². The monoisotopic (exact) mass is 374 g/mol. The van der Waals surface area contributed by atoms with Crippen LogP contribution in [-0.2, 0) is 16.0 Å². The Morgan fingerprint density at radius 3 is 2.22 bits per heavy atom. The van der Waals surface area contributed by atoms with Gasteiger partial charge in [-0.2, -0.15) is 0 Å². The molecule has 1 fully saturated rings. The molecular formula is C22H34N2O3. The number of benzene rings is 1. The summed E-state index contributed by atoms with van der Waals surface area (Å²) in [7, 11) is 0. The van der Waals surface area contributed by atoms with E-state index in [9.17, 15) is 14.7 Å². The lowest BCUT2D eigenvalue weighted by molar-refractivity contribution is -0.132. The maximum Gasteiger partial charge on any atom is 0.243 e. The number of carbonyl (C=O) groups excluding carboxylic acids is 2. The molecule has 2 amide bonds. The van der Waals surface area contributed by atoms with Crippen LogP contribution in [0.1, 0.15) is 52.0 Å². The molecule has 0 saturated heterocycles. The molecule has 5 heteroatoms. The topological polar surface area (TPSA) is 78.4 Å². The van der Waals surface area contributed by atoms with Crippen LogP contribution < -0.4 is 10.6 Å². The minimum Gasteiger partial charge on any atom is -0.394 e. The molecule has 2 unspecified atom stereocenters. The Morgan fingerprint density at radius 1 is 1.04 bits per heavy atom. The maximum absolute atomic E-state index is 12.8. The minimum atomic E-state index is -0.628. The van der Waals surface area contributed by atoms with Gasteiger partial charge >= 0.3 is 0 Å². The van der Waals surface area contributed by atoms with Crippen molar-refractivity contribution in [3.05, 3.63) is 35.9 Å². The SMILES string of the molecule is CC(CO)NC(=O)C(Cc1ccccc1)NC(=O)C1CCC(C(C)C)CC1. The van der Waals surface area contributed by atoms with Crippen LogP contribution in [0, 0.1) is 17.8 Å². The van der Waals surface area contributed by atoms with Crippen LogP contribution in [0.5, 0.6) is 0 Å². The van der Waals surface area contributed by atoms with Gasteiger partial charge in [-0.1, -0.05) is 44.2 Å². The Labute approximate surface area is 162 Å². The van der Waals surface area contributed by atoms with Gasteiger partial charge in [0.05, 0.1) is 6.61 Å². The normalized spacial score (nSPS) is 22.1. The summed E-state index contributed by atoms with van der Waals surface area (Å²) >= 11 is 0. The van der Waals surface area contributed by atoms with E-state index < -0.39 is 6.04 Å². The van der Waals surface area contributed by atoms with Crippen molar-refractivity contribution in [1.29, 1.82) is 0 Å². The third kappa shape index (κ3) is 6.65. The van der Waals surface area contributed by atoms with Crippen molar-refractivity contribution in [2.24, 2.45) is 17.8 Å². The Morgan fingerprint density at radius 2 is 1.67 bits per heavy atom. The highest BCUT2D eigenvalue weighted by Crippen LogP contribution is 2.33. The predicted molar refractivity (Wildman–Crippen MR) is 107 cm³/mol. The zero-order valence-electron chi connectivity index (χ0n) is 16.8. The molecule has 5 nitrogen and oxygen atoms in total. The highest BCUT2D eigenvalue weighted by Gasteiger charge is 2.30. The Bertz CT molecular complexity index is 595. The first-order chi connectivity index (χ1) is 12.9. The van der Waals surface area contributed by atoms with Crippen molar-refractivity contribution >= 4 is 11.8 Å². The molecule has 1 aliphatic rings. The van der Waals surface area contributed by atoms with E-state index in [-0.39, 0.29) is 30.4 Å². The fraction of sp³-hybridized carbons (Fsp3) is 0.636. The first-order valence-corrected chi connectivity index (χ1v) is 10.2. The average molecular weight is 375 g/mol. The van der Waals surface area contributed by atoms with Crippen molar-refractivity contribution < 1.29 is 14.7 Å². The molecule has 0 spiro atoms. The summed E-state index contributed by atoms with van der Waals surface area (Å²) in [6.45, 7) is 6.10. The van der Waals surface area contributed by atoms with Crippen LogP contribution in [0.25, 0.3) is 0 Å². The lowest BCUT2D eigenvalue weighted by Crippen LogP contribution is -2.52. The lowest BCUT2D eigenvalue weighted by Gasteiger charge is -2.31. The second-order valence-corrected chi connectivity index (χ2v) is 8.20. The van der Waals surface area contributed by atoms with Gasteiger partial charge in [0, 0.05) is 18.4 Å². The van der Waals surface area contributed by atoms with Crippen LogP contribution in [0.15, 0.2) is 30.3 Å². The Hall–Kier alpha value is -1.88. The first kappa shape index (κ1) is 21.4. The summed E-state index contributed by atoms with van der Waals surface area (Å²) in [6.07, 6.45) is 4.38. The van der Waals surface area contributed by atoms with Gasteiger partial charge in [0.25, 0.3) is 0 Å². The molecule has 0 bridgehead atoms. The molecule has 27 heavy (non-hydrogen) atoms. The number of hydrogen-bond donors (Lipinski definition) is 3. The predicted octanol–water partition coefficient (Wildman–Crippen LogP) is 2.67.